The predicted octanol–water partition coefficient (Wildman–Crippen LogP) is 1.85. The van der Waals surface area contributed by atoms with Crippen LogP contribution in [0.1, 0.15) is 42.2 Å². The van der Waals surface area contributed by atoms with Crippen molar-refractivity contribution >= 4 is 23.2 Å². The molecule has 2 rings (SSSR count). The molecular formula is C19H32N4O3S. The molecule has 0 aromatic carbocycles. The number of piperidine rings is 1. The molecule has 27 heavy (non-hydrogen) atoms. The van der Waals surface area contributed by atoms with Crippen LogP contribution in [0.15, 0.2) is 5.38 Å². The maximum atomic E-state index is 12.6. The summed E-state index contributed by atoms with van der Waals surface area (Å²) in [5.74, 6) is 0.0215. The molecule has 0 spiro atoms. The molecule has 7 nitrogen and oxygen atoms in total. The first-order valence-corrected chi connectivity index (χ1v) is 10.2. The number of aromatic nitrogens is 1. The maximum Gasteiger partial charge on any atom is 0.273 e. The van der Waals surface area contributed by atoms with E-state index in [-0.39, 0.29) is 23.1 Å². The van der Waals surface area contributed by atoms with E-state index in [1.165, 1.54) is 11.3 Å². The molecule has 8 heteroatoms. The zero-order valence-corrected chi connectivity index (χ0v) is 17.9. The van der Waals surface area contributed by atoms with Gasteiger partial charge < -0.3 is 19.9 Å². The van der Waals surface area contributed by atoms with Gasteiger partial charge in [-0.05, 0) is 32.4 Å². The van der Waals surface area contributed by atoms with Crippen LogP contribution in [0.3, 0.4) is 0 Å². The second-order valence-electron chi connectivity index (χ2n) is 8.25. The molecule has 1 aliphatic rings. The summed E-state index contributed by atoms with van der Waals surface area (Å²) in [5.41, 5.74) is 0.501. The lowest BCUT2D eigenvalue weighted by atomic mass is 9.91. The summed E-state index contributed by atoms with van der Waals surface area (Å²) in [6, 6.07) is 0. The standard InChI is InChI=1S/C19H32N4O3S/c1-19(2,13-22(3)4)12-20-17(24)14-6-8-23(9-7-14)18(25)15-11-27-16(21-15)10-26-5/h11,14H,6-10,12-13H2,1-5H3,(H,20,24). The molecule has 1 aliphatic heterocycles. The summed E-state index contributed by atoms with van der Waals surface area (Å²) in [6.07, 6.45) is 1.39. The summed E-state index contributed by atoms with van der Waals surface area (Å²) in [4.78, 5) is 33.3. The minimum atomic E-state index is -0.0559. The Hall–Kier alpha value is -1.51. The van der Waals surface area contributed by atoms with E-state index in [0.29, 0.717) is 44.8 Å². The van der Waals surface area contributed by atoms with Gasteiger partial charge in [-0.3, -0.25) is 9.59 Å². The number of hydrogen-bond acceptors (Lipinski definition) is 6. The van der Waals surface area contributed by atoms with Crippen LogP contribution in [0.25, 0.3) is 0 Å². The van der Waals surface area contributed by atoms with Gasteiger partial charge in [-0.25, -0.2) is 4.98 Å². The van der Waals surface area contributed by atoms with Gasteiger partial charge in [0, 0.05) is 44.6 Å². The van der Waals surface area contributed by atoms with Crippen molar-refractivity contribution in [3.63, 3.8) is 0 Å². The highest BCUT2D eigenvalue weighted by molar-refractivity contribution is 7.09. The SMILES string of the molecule is COCc1nc(C(=O)N2CCC(C(=O)NCC(C)(C)CN(C)C)CC2)cs1. The van der Waals surface area contributed by atoms with E-state index in [9.17, 15) is 9.59 Å². The molecular weight excluding hydrogens is 364 g/mol. The number of likely N-dealkylation sites (tertiary alicyclic amines) is 1. The second-order valence-corrected chi connectivity index (χ2v) is 9.19. The molecule has 2 amide bonds. The van der Waals surface area contributed by atoms with Crippen molar-refractivity contribution in [1.82, 2.24) is 20.1 Å². The summed E-state index contributed by atoms with van der Waals surface area (Å²) >= 11 is 1.43. The lowest BCUT2D eigenvalue weighted by Gasteiger charge is -2.32. The third kappa shape index (κ3) is 6.55. The van der Waals surface area contributed by atoms with Crippen molar-refractivity contribution in [2.75, 3.05) is 47.4 Å². The monoisotopic (exact) mass is 396 g/mol. The van der Waals surface area contributed by atoms with E-state index in [4.69, 9.17) is 4.74 Å². The number of hydrogen-bond donors (Lipinski definition) is 1. The zero-order valence-electron chi connectivity index (χ0n) is 17.1. The summed E-state index contributed by atoms with van der Waals surface area (Å²) in [6.45, 7) is 7.48. The van der Waals surface area contributed by atoms with Crippen molar-refractivity contribution in [3.8, 4) is 0 Å². The van der Waals surface area contributed by atoms with Gasteiger partial charge in [-0.15, -0.1) is 11.3 Å². The van der Waals surface area contributed by atoms with Gasteiger partial charge in [0.25, 0.3) is 5.91 Å². The third-order valence-electron chi connectivity index (χ3n) is 4.68. The Kier molecular flexibility index (Phi) is 7.76. The molecule has 0 aliphatic carbocycles. The molecule has 0 saturated carbocycles. The number of amides is 2. The number of methoxy groups -OCH3 is 1. The Morgan fingerprint density at radius 1 is 1.37 bits per heavy atom. The van der Waals surface area contributed by atoms with Crippen LogP contribution in [0, 0.1) is 11.3 Å². The van der Waals surface area contributed by atoms with Crippen molar-refractivity contribution in [1.29, 1.82) is 0 Å². The minimum absolute atomic E-state index is 0.0244. The fraction of sp³-hybridized carbons (Fsp3) is 0.737. The van der Waals surface area contributed by atoms with Gasteiger partial charge in [0.2, 0.25) is 5.91 Å². The van der Waals surface area contributed by atoms with Crippen LogP contribution in [0.4, 0.5) is 0 Å². The van der Waals surface area contributed by atoms with Crippen LogP contribution < -0.4 is 5.32 Å². The van der Waals surface area contributed by atoms with Gasteiger partial charge in [-0.1, -0.05) is 13.8 Å². The number of thiazole rings is 1. The Labute approximate surface area is 166 Å². The van der Waals surface area contributed by atoms with Crippen LogP contribution >= 0.6 is 11.3 Å². The Morgan fingerprint density at radius 2 is 2.04 bits per heavy atom. The van der Waals surface area contributed by atoms with Crippen LogP contribution in [0.2, 0.25) is 0 Å². The predicted molar refractivity (Wildman–Crippen MR) is 107 cm³/mol. The first-order chi connectivity index (χ1) is 12.7. The van der Waals surface area contributed by atoms with E-state index < -0.39 is 0 Å². The van der Waals surface area contributed by atoms with Crippen molar-refractivity contribution in [2.24, 2.45) is 11.3 Å². The van der Waals surface area contributed by atoms with E-state index in [2.05, 4.69) is 29.0 Å². The Morgan fingerprint density at radius 3 is 2.63 bits per heavy atom. The number of nitrogens with one attached hydrogen (secondary N) is 1. The summed E-state index contributed by atoms with van der Waals surface area (Å²) in [7, 11) is 5.69. The third-order valence-corrected chi connectivity index (χ3v) is 5.50. The molecule has 1 N–H and O–H groups in total. The highest BCUT2D eigenvalue weighted by atomic mass is 32.1. The molecule has 1 aromatic heterocycles. The molecule has 1 fully saturated rings. The van der Waals surface area contributed by atoms with Crippen molar-refractivity contribution in [2.45, 2.75) is 33.3 Å². The van der Waals surface area contributed by atoms with E-state index >= 15 is 0 Å². The quantitative estimate of drug-likeness (QED) is 0.726. The zero-order chi connectivity index (χ0) is 20.0. The van der Waals surface area contributed by atoms with Gasteiger partial charge in [-0.2, -0.15) is 0 Å². The smallest absolute Gasteiger partial charge is 0.273 e. The summed E-state index contributed by atoms with van der Waals surface area (Å²) in [5, 5.41) is 5.68. The van der Waals surface area contributed by atoms with E-state index in [1.807, 2.05) is 14.1 Å². The lowest BCUT2D eigenvalue weighted by Crippen LogP contribution is -2.46. The fourth-order valence-corrected chi connectivity index (χ4v) is 4.23. The van der Waals surface area contributed by atoms with E-state index in [0.717, 1.165) is 11.6 Å². The second kappa shape index (κ2) is 9.61. The average Bonchev–Trinajstić information content (AvgIpc) is 3.07. The molecule has 1 saturated heterocycles. The molecule has 0 radical (unpaired) electrons. The maximum absolute atomic E-state index is 12.6. The molecule has 0 unspecified atom stereocenters. The molecule has 152 valence electrons. The number of nitrogens with zero attached hydrogens (tertiary/aromatic N) is 3. The van der Waals surface area contributed by atoms with Crippen LogP contribution in [-0.2, 0) is 16.1 Å². The number of ether oxygens (including phenoxy) is 1. The topological polar surface area (TPSA) is 74.8 Å². The highest BCUT2D eigenvalue weighted by Crippen LogP contribution is 2.21. The lowest BCUT2D eigenvalue weighted by molar-refractivity contribution is -0.126. The first kappa shape index (κ1) is 21.8. The van der Waals surface area contributed by atoms with Gasteiger partial charge in [0.15, 0.2) is 0 Å². The molecule has 2 heterocycles. The number of rotatable bonds is 8. The molecule has 0 bridgehead atoms. The van der Waals surface area contributed by atoms with Gasteiger partial charge in [0.05, 0.1) is 6.61 Å². The highest BCUT2D eigenvalue weighted by Gasteiger charge is 2.29. The number of carbonyl (C=O) groups excluding carboxylic acids is 2. The van der Waals surface area contributed by atoms with E-state index in [1.54, 1.807) is 17.4 Å². The normalized spacial score (nSPS) is 16.0. The van der Waals surface area contributed by atoms with Crippen LogP contribution in [-0.4, -0.2) is 74.0 Å². The Balaban J connectivity index is 1.80. The first-order valence-electron chi connectivity index (χ1n) is 9.37. The van der Waals surface area contributed by atoms with Gasteiger partial charge in [0.1, 0.15) is 10.7 Å². The average molecular weight is 397 g/mol. The molecule has 1 aromatic rings. The van der Waals surface area contributed by atoms with Gasteiger partial charge >= 0.3 is 0 Å². The summed E-state index contributed by atoms with van der Waals surface area (Å²) < 4.78 is 5.05. The van der Waals surface area contributed by atoms with Crippen molar-refractivity contribution < 1.29 is 14.3 Å². The largest absolute Gasteiger partial charge is 0.378 e. The molecule has 0 atom stereocenters. The van der Waals surface area contributed by atoms with Crippen LogP contribution in [0.5, 0.6) is 0 Å². The minimum Gasteiger partial charge on any atom is -0.378 e. The van der Waals surface area contributed by atoms with Crippen molar-refractivity contribution in [3.05, 3.63) is 16.1 Å². The number of carbonyl (C=O) groups is 2. The fourth-order valence-electron chi connectivity index (χ4n) is 3.49. The Bertz CT molecular complexity index is 637.